The van der Waals surface area contributed by atoms with Crippen LogP contribution in [0, 0.1) is 0 Å². The van der Waals surface area contributed by atoms with Crippen LogP contribution >= 0.6 is 11.5 Å². The van der Waals surface area contributed by atoms with Crippen LogP contribution < -0.4 is 4.31 Å². The molecule has 0 spiro atoms. The summed E-state index contributed by atoms with van der Waals surface area (Å²) in [4.78, 5) is 12.9. The first-order chi connectivity index (χ1) is 7.40. The van der Waals surface area contributed by atoms with Crippen LogP contribution in [-0.4, -0.2) is 48.8 Å². The lowest BCUT2D eigenvalue weighted by Gasteiger charge is -2.22. The lowest BCUT2D eigenvalue weighted by atomic mass is 10.7. The largest absolute Gasteiger partial charge is 0.339 e. The topological polar surface area (TPSA) is 83.5 Å². The lowest BCUT2D eigenvalue weighted by molar-refractivity contribution is 0.227. The van der Waals surface area contributed by atoms with Crippen LogP contribution in [0.25, 0.3) is 0 Å². The number of anilines is 1. The molecule has 0 atom stereocenters. The van der Waals surface area contributed by atoms with Crippen LogP contribution in [-0.2, 0) is 10.0 Å². The van der Waals surface area contributed by atoms with E-state index in [1.165, 1.54) is 31.3 Å². The highest BCUT2D eigenvalue weighted by molar-refractivity contribution is 7.93. The van der Waals surface area contributed by atoms with E-state index in [9.17, 15) is 13.2 Å². The Hall–Kier alpha value is -1.22. The molecule has 0 aliphatic rings. The standard InChI is InChI=1S/C7H12N4O3S2/c1-4-16(13,14)11(7(12)10(2)3)6-5-15-9-8-6/h5H,4H2,1-3H3. The Morgan fingerprint density at radius 2 is 2.12 bits per heavy atom. The predicted octanol–water partition coefficient (Wildman–Crippen LogP) is 0.376. The molecule has 0 radical (unpaired) electrons. The molecule has 0 unspecified atom stereocenters. The van der Waals surface area contributed by atoms with Gasteiger partial charge in [0.05, 0.1) is 11.1 Å². The van der Waals surface area contributed by atoms with Gasteiger partial charge in [-0.2, -0.15) is 4.31 Å². The molecule has 0 fully saturated rings. The van der Waals surface area contributed by atoms with Crippen LogP contribution in [0.15, 0.2) is 5.38 Å². The molecule has 2 amide bonds. The molecule has 9 heteroatoms. The third-order valence-electron chi connectivity index (χ3n) is 1.76. The number of carbonyl (C=O) groups is 1. The van der Waals surface area contributed by atoms with Gasteiger partial charge in [-0.05, 0) is 18.5 Å². The van der Waals surface area contributed by atoms with Crippen molar-refractivity contribution in [3.8, 4) is 0 Å². The summed E-state index contributed by atoms with van der Waals surface area (Å²) < 4.78 is 27.7. The summed E-state index contributed by atoms with van der Waals surface area (Å²) >= 11 is 0.986. The van der Waals surface area contributed by atoms with E-state index >= 15 is 0 Å². The second-order valence-electron chi connectivity index (χ2n) is 3.11. The zero-order chi connectivity index (χ0) is 12.3. The van der Waals surface area contributed by atoms with Gasteiger partial charge in [-0.25, -0.2) is 13.2 Å². The molecule has 7 nitrogen and oxygen atoms in total. The fraction of sp³-hybridized carbons (Fsp3) is 0.571. The van der Waals surface area contributed by atoms with Gasteiger partial charge >= 0.3 is 6.03 Å². The maximum atomic E-state index is 11.8. The number of amides is 2. The summed E-state index contributed by atoms with van der Waals surface area (Å²) in [5.74, 6) is -0.144. The van der Waals surface area contributed by atoms with Crippen molar-refractivity contribution in [2.75, 3.05) is 24.2 Å². The van der Waals surface area contributed by atoms with Gasteiger partial charge in [0.25, 0.3) is 0 Å². The predicted molar refractivity (Wildman–Crippen MR) is 60.9 cm³/mol. The molecular weight excluding hydrogens is 252 g/mol. The normalized spacial score (nSPS) is 11.2. The maximum Gasteiger partial charge on any atom is 0.339 e. The van der Waals surface area contributed by atoms with Gasteiger partial charge in [-0.3, -0.25) is 0 Å². The summed E-state index contributed by atoms with van der Waals surface area (Å²) in [6.07, 6.45) is 0. The van der Waals surface area contributed by atoms with Gasteiger partial charge < -0.3 is 4.90 Å². The van der Waals surface area contributed by atoms with E-state index in [2.05, 4.69) is 9.59 Å². The summed E-state index contributed by atoms with van der Waals surface area (Å²) in [5, 5.41) is 5.01. The van der Waals surface area contributed by atoms with E-state index in [1.807, 2.05) is 0 Å². The number of hydrogen-bond acceptors (Lipinski definition) is 6. The summed E-state index contributed by atoms with van der Waals surface area (Å²) in [5.41, 5.74) is 0. The highest BCUT2D eigenvalue weighted by atomic mass is 32.2. The van der Waals surface area contributed by atoms with Crippen LogP contribution in [0.4, 0.5) is 10.6 Å². The van der Waals surface area contributed by atoms with Crippen LogP contribution in [0.1, 0.15) is 6.92 Å². The van der Waals surface area contributed by atoms with Gasteiger partial charge in [0.1, 0.15) is 0 Å². The summed E-state index contributed by atoms with van der Waals surface area (Å²) in [6.45, 7) is 1.46. The van der Waals surface area contributed by atoms with E-state index < -0.39 is 16.1 Å². The van der Waals surface area contributed by atoms with Crippen molar-refractivity contribution in [2.24, 2.45) is 0 Å². The van der Waals surface area contributed by atoms with E-state index in [1.54, 1.807) is 0 Å². The van der Waals surface area contributed by atoms with Gasteiger partial charge in [0, 0.05) is 14.1 Å². The molecule has 0 bridgehead atoms. The second kappa shape index (κ2) is 4.74. The van der Waals surface area contributed by atoms with Crippen LogP contribution in [0.3, 0.4) is 0 Å². The number of urea groups is 1. The zero-order valence-electron chi connectivity index (χ0n) is 9.11. The van der Waals surface area contributed by atoms with Crippen molar-refractivity contribution < 1.29 is 13.2 Å². The van der Waals surface area contributed by atoms with Crippen LogP contribution in [0.2, 0.25) is 0 Å². The van der Waals surface area contributed by atoms with E-state index in [-0.39, 0.29) is 11.6 Å². The molecule has 1 aromatic rings. The van der Waals surface area contributed by atoms with Crippen molar-refractivity contribution in [1.29, 1.82) is 0 Å². The van der Waals surface area contributed by atoms with E-state index in [4.69, 9.17) is 0 Å². The number of sulfonamides is 1. The third kappa shape index (κ3) is 2.47. The van der Waals surface area contributed by atoms with Crippen LogP contribution in [0.5, 0.6) is 0 Å². The first kappa shape index (κ1) is 12.8. The van der Waals surface area contributed by atoms with E-state index in [0.717, 1.165) is 11.5 Å². The lowest BCUT2D eigenvalue weighted by Crippen LogP contribution is -2.44. The van der Waals surface area contributed by atoms with Crippen molar-refractivity contribution >= 4 is 33.4 Å². The van der Waals surface area contributed by atoms with Crippen molar-refractivity contribution in [1.82, 2.24) is 14.5 Å². The first-order valence-corrected chi connectivity index (χ1v) is 6.86. The Bertz CT molecular complexity index is 454. The average Bonchev–Trinajstić information content (AvgIpc) is 2.70. The Morgan fingerprint density at radius 3 is 2.50 bits per heavy atom. The van der Waals surface area contributed by atoms with Crippen molar-refractivity contribution in [3.63, 3.8) is 0 Å². The molecule has 0 N–H and O–H groups in total. The fourth-order valence-corrected chi connectivity index (χ4v) is 2.44. The SMILES string of the molecule is CCS(=O)(=O)N(C(=O)N(C)C)c1csnn1. The Balaban J connectivity index is 3.20. The Kier molecular flexibility index (Phi) is 3.81. The second-order valence-corrected chi connectivity index (χ2v) is 5.82. The minimum absolute atomic E-state index is 0.0329. The number of rotatable bonds is 3. The quantitative estimate of drug-likeness (QED) is 0.788. The summed E-state index contributed by atoms with van der Waals surface area (Å²) in [7, 11) is -0.736. The smallest absolute Gasteiger partial charge is 0.330 e. The van der Waals surface area contributed by atoms with E-state index in [0.29, 0.717) is 4.31 Å². The van der Waals surface area contributed by atoms with Crippen molar-refractivity contribution in [2.45, 2.75) is 6.92 Å². The Morgan fingerprint density at radius 1 is 1.50 bits per heavy atom. The molecular formula is C7H12N4O3S2. The molecule has 0 saturated heterocycles. The first-order valence-electron chi connectivity index (χ1n) is 4.41. The Labute approximate surface area is 97.9 Å². The van der Waals surface area contributed by atoms with Gasteiger partial charge in [-0.1, -0.05) is 4.49 Å². The molecule has 0 aliphatic heterocycles. The van der Waals surface area contributed by atoms with Gasteiger partial charge in [0.15, 0.2) is 5.82 Å². The molecule has 0 aliphatic carbocycles. The number of nitrogens with zero attached hydrogens (tertiary/aromatic N) is 4. The van der Waals surface area contributed by atoms with Crippen molar-refractivity contribution in [3.05, 3.63) is 5.38 Å². The van der Waals surface area contributed by atoms with Gasteiger partial charge in [-0.15, -0.1) is 5.10 Å². The number of hydrogen-bond donors (Lipinski definition) is 0. The molecule has 0 aromatic carbocycles. The molecule has 0 saturated carbocycles. The number of aromatic nitrogens is 2. The fourth-order valence-electron chi connectivity index (χ4n) is 0.918. The average molecular weight is 264 g/mol. The summed E-state index contributed by atoms with van der Waals surface area (Å²) in [6, 6.07) is -0.658. The monoisotopic (exact) mass is 264 g/mol. The highest BCUT2D eigenvalue weighted by Gasteiger charge is 2.30. The minimum Gasteiger partial charge on any atom is -0.330 e. The maximum absolute atomic E-state index is 11.8. The minimum atomic E-state index is -3.68. The molecule has 16 heavy (non-hydrogen) atoms. The number of carbonyl (C=O) groups excluding carboxylic acids is 1. The molecule has 1 rings (SSSR count). The molecule has 1 heterocycles. The zero-order valence-corrected chi connectivity index (χ0v) is 10.7. The third-order valence-corrected chi connectivity index (χ3v) is 3.88. The molecule has 90 valence electrons. The van der Waals surface area contributed by atoms with Gasteiger partial charge in [0.2, 0.25) is 10.0 Å². The molecule has 1 aromatic heterocycles. The highest BCUT2D eigenvalue weighted by Crippen LogP contribution is 2.17.